The fourth-order valence-corrected chi connectivity index (χ4v) is 3.47. The summed E-state index contributed by atoms with van der Waals surface area (Å²) in [5, 5.41) is 8.72. The number of hydrogen-bond acceptors (Lipinski definition) is 4. The Balaban J connectivity index is 2.11. The summed E-state index contributed by atoms with van der Waals surface area (Å²) in [6.45, 7) is 0.104. The minimum Gasteiger partial charge on any atom is -0.477 e. The highest BCUT2D eigenvalue weighted by atomic mass is 35.5. The lowest BCUT2D eigenvalue weighted by atomic mass is 10.4. The Hall–Kier alpha value is -1.35. The molecule has 2 rings (SSSR count). The zero-order valence-electron chi connectivity index (χ0n) is 9.38. The molecule has 0 amide bonds. The maximum absolute atomic E-state index is 11.9. The van der Waals surface area contributed by atoms with E-state index in [2.05, 4.69) is 9.71 Å². The SMILES string of the molecule is O=C(O)c1cc(S(=O)(=O)NCc2ccc(Cl)s2)c[nH]1. The second-order valence-electron chi connectivity index (χ2n) is 3.58. The molecule has 0 aliphatic heterocycles. The molecule has 0 atom stereocenters. The number of rotatable bonds is 5. The lowest BCUT2D eigenvalue weighted by Crippen LogP contribution is -2.22. The highest BCUT2D eigenvalue weighted by molar-refractivity contribution is 7.89. The van der Waals surface area contributed by atoms with Gasteiger partial charge in [0.1, 0.15) is 10.6 Å². The Kier molecular flexibility index (Phi) is 3.95. The van der Waals surface area contributed by atoms with Crippen molar-refractivity contribution in [1.29, 1.82) is 0 Å². The molecule has 19 heavy (non-hydrogen) atoms. The maximum Gasteiger partial charge on any atom is 0.352 e. The molecule has 0 fully saturated rings. The quantitative estimate of drug-likeness (QED) is 0.783. The standard InChI is InChI=1S/C10H9ClN2O4S2/c11-9-2-1-6(18-9)4-13-19(16,17)7-3-8(10(14)15)12-5-7/h1-3,5,12-13H,4H2,(H,14,15). The summed E-state index contributed by atoms with van der Waals surface area (Å²) in [5.41, 5.74) is -0.181. The van der Waals surface area contributed by atoms with Crippen molar-refractivity contribution >= 4 is 38.9 Å². The number of carbonyl (C=O) groups is 1. The molecule has 6 nitrogen and oxygen atoms in total. The van der Waals surface area contributed by atoms with E-state index >= 15 is 0 Å². The number of hydrogen-bond donors (Lipinski definition) is 3. The normalized spacial score (nSPS) is 11.6. The van der Waals surface area contributed by atoms with Crippen molar-refractivity contribution in [2.75, 3.05) is 0 Å². The average molecular weight is 321 g/mol. The van der Waals surface area contributed by atoms with Gasteiger partial charge in [0.15, 0.2) is 0 Å². The third kappa shape index (κ3) is 3.35. The number of aromatic amines is 1. The van der Waals surface area contributed by atoms with Gasteiger partial charge in [-0.3, -0.25) is 0 Å². The van der Waals surface area contributed by atoms with E-state index in [1.807, 2.05) is 0 Å². The van der Waals surface area contributed by atoms with Crippen molar-refractivity contribution in [2.45, 2.75) is 11.4 Å². The first kappa shape index (κ1) is 14.1. The molecule has 2 aromatic rings. The smallest absolute Gasteiger partial charge is 0.352 e. The molecular weight excluding hydrogens is 312 g/mol. The summed E-state index contributed by atoms with van der Waals surface area (Å²) < 4.78 is 26.7. The fourth-order valence-electron chi connectivity index (χ4n) is 1.35. The number of thiophene rings is 1. The number of sulfonamides is 1. The van der Waals surface area contributed by atoms with Gasteiger partial charge in [0.05, 0.1) is 4.34 Å². The van der Waals surface area contributed by atoms with Crippen LogP contribution in [0, 0.1) is 0 Å². The van der Waals surface area contributed by atoms with Crippen LogP contribution in [0.3, 0.4) is 0 Å². The molecule has 0 aromatic carbocycles. The van der Waals surface area contributed by atoms with Gasteiger partial charge < -0.3 is 10.1 Å². The molecule has 2 aromatic heterocycles. The summed E-state index contributed by atoms with van der Waals surface area (Å²) in [5.74, 6) is -1.22. The highest BCUT2D eigenvalue weighted by Gasteiger charge is 2.18. The van der Waals surface area contributed by atoms with Gasteiger partial charge in [-0.1, -0.05) is 11.6 Å². The van der Waals surface area contributed by atoms with Crippen LogP contribution in [0.25, 0.3) is 0 Å². The van der Waals surface area contributed by atoms with Crippen LogP contribution in [-0.4, -0.2) is 24.5 Å². The molecular formula is C10H9ClN2O4S2. The van der Waals surface area contributed by atoms with Crippen LogP contribution < -0.4 is 4.72 Å². The molecule has 0 radical (unpaired) electrons. The van der Waals surface area contributed by atoms with Crippen molar-refractivity contribution in [3.05, 3.63) is 39.3 Å². The molecule has 0 saturated heterocycles. The summed E-state index contributed by atoms with van der Waals surface area (Å²) in [4.78, 5) is 13.7. The summed E-state index contributed by atoms with van der Waals surface area (Å²) in [6, 6.07) is 4.45. The van der Waals surface area contributed by atoms with Crippen molar-refractivity contribution in [1.82, 2.24) is 9.71 Å². The molecule has 102 valence electrons. The van der Waals surface area contributed by atoms with Crippen molar-refractivity contribution in [3.63, 3.8) is 0 Å². The van der Waals surface area contributed by atoms with E-state index in [0.29, 0.717) is 4.34 Å². The Bertz CT molecular complexity index is 705. The number of nitrogens with one attached hydrogen (secondary N) is 2. The zero-order valence-corrected chi connectivity index (χ0v) is 11.8. The van der Waals surface area contributed by atoms with E-state index in [4.69, 9.17) is 16.7 Å². The van der Waals surface area contributed by atoms with Gasteiger partial charge in [-0.2, -0.15) is 0 Å². The first-order chi connectivity index (χ1) is 8.88. The van der Waals surface area contributed by atoms with Gasteiger partial charge in [0.25, 0.3) is 0 Å². The predicted molar refractivity (Wildman–Crippen MR) is 71.1 cm³/mol. The fraction of sp³-hybridized carbons (Fsp3) is 0.100. The Morgan fingerprint density at radius 3 is 2.74 bits per heavy atom. The van der Waals surface area contributed by atoms with E-state index in [0.717, 1.165) is 17.1 Å². The topological polar surface area (TPSA) is 99.3 Å². The Morgan fingerprint density at radius 1 is 1.47 bits per heavy atom. The van der Waals surface area contributed by atoms with Crippen molar-refractivity contribution < 1.29 is 18.3 Å². The van der Waals surface area contributed by atoms with Crippen molar-refractivity contribution in [2.24, 2.45) is 0 Å². The van der Waals surface area contributed by atoms with Gasteiger partial charge in [0, 0.05) is 17.6 Å². The van der Waals surface area contributed by atoms with Gasteiger partial charge in [0.2, 0.25) is 10.0 Å². The zero-order chi connectivity index (χ0) is 14.0. The van der Waals surface area contributed by atoms with Gasteiger partial charge in [-0.15, -0.1) is 11.3 Å². The molecule has 0 aliphatic carbocycles. The lowest BCUT2D eigenvalue weighted by molar-refractivity contribution is 0.0691. The van der Waals surface area contributed by atoms with E-state index in [9.17, 15) is 13.2 Å². The minimum atomic E-state index is -3.74. The lowest BCUT2D eigenvalue weighted by Gasteiger charge is -2.02. The van der Waals surface area contributed by atoms with Crippen LogP contribution in [-0.2, 0) is 16.6 Å². The largest absolute Gasteiger partial charge is 0.477 e. The number of halogens is 1. The van der Waals surface area contributed by atoms with Crippen LogP contribution >= 0.6 is 22.9 Å². The van der Waals surface area contributed by atoms with Crippen molar-refractivity contribution in [3.8, 4) is 0 Å². The molecule has 2 heterocycles. The van der Waals surface area contributed by atoms with E-state index in [-0.39, 0.29) is 17.1 Å². The number of H-pyrrole nitrogens is 1. The monoisotopic (exact) mass is 320 g/mol. The molecule has 0 spiro atoms. The molecule has 9 heteroatoms. The van der Waals surface area contributed by atoms with Gasteiger partial charge in [-0.05, 0) is 18.2 Å². The summed E-state index contributed by atoms with van der Waals surface area (Å²) in [7, 11) is -3.74. The minimum absolute atomic E-state index is 0.104. The molecule has 0 unspecified atom stereocenters. The first-order valence-corrected chi connectivity index (χ1v) is 7.72. The second kappa shape index (κ2) is 5.33. The van der Waals surface area contributed by atoms with E-state index in [1.165, 1.54) is 11.3 Å². The number of carboxylic acids is 1. The number of aromatic nitrogens is 1. The summed E-state index contributed by atoms with van der Waals surface area (Å²) >= 11 is 7.01. The first-order valence-electron chi connectivity index (χ1n) is 5.04. The third-order valence-corrected chi connectivity index (χ3v) is 4.87. The van der Waals surface area contributed by atoms with Crippen LogP contribution in [0.4, 0.5) is 0 Å². The third-order valence-electron chi connectivity index (χ3n) is 2.26. The van der Waals surface area contributed by atoms with Crippen LogP contribution in [0.5, 0.6) is 0 Å². The van der Waals surface area contributed by atoms with Gasteiger partial charge in [-0.25, -0.2) is 17.9 Å². The number of aromatic carboxylic acids is 1. The Morgan fingerprint density at radius 2 is 2.21 bits per heavy atom. The van der Waals surface area contributed by atoms with E-state index < -0.39 is 16.0 Å². The average Bonchev–Trinajstić information content (AvgIpc) is 2.95. The maximum atomic E-state index is 11.9. The predicted octanol–water partition coefficient (Wildman–Crippen LogP) is 1.91. The Labute approximate surface area is 118 Å². The molecule has 0 bridgehead atoms. The van der Waals surface area contributed by atoms with Crippen LogP contribution in [0.2, 0.25) is 4.34 Å². The van der Waals surface area contributed by atoms with Crippen LogP contribution in [0.15, 0.2) is 29.3 Å². The summed E-state index contributed by atoms with van der Waals surface area (Å²) in [6.07, 6.45) is 1.13. The van der Waals surface area contributed by atoms with Crippen LogP contribution in [0.1, 0.15) is 15.4 Å². The second-order valence-corrected chi connectivity index (χ2v) is 7.15. The molecule has 0 aliphatic rings. The molecule has 3 N–H and O–H groups in total. The molecule has 0 saturated carbocycles. The highest BCUT2D eigenvalue weighted by Crippen LogP contribution is 2.21. The van der Waals surface area contributed by atoms with Gasteiger partial charge >= 0.3 is 5.97 Å². The number of carboxylic acid groups (broad SMARTS) is 1. The van der Waals surface area contributed by atoms with E-state index in [1.54, 1.807) is 12.1 Å².